The summed E-state index contributed by atoms with van der Waals surface area (Å²) in [6.45, 7) is 7.33. The van der Waals surface area contributed by atoms with E-state index in [1.807, 2.05) is 33.8 Å². The number of rotatable bonds is 5. The molecule has 0 saturated heterocycles. The fraction of sp³-hybridized carbons (Fsp3) is 0.467. The van der Waals surface area contributed by atoms with Crippen molar-refractivity contribution in [3.63, 3.8) is 0 Å². The third-order valence-electron chi connectivity index (χ3n) is 3.28. The van der Waals surface area contributed by atoms with Crippen LogP contribution in [0, 0.1) is 27.7 Å². The zero-order valence-electron chi connectivity index (χ0n) is 13.3. The minimum Gasteiger partial charge on any atom is -0.463 e. The van der Waals surface area contributed by atoms with Crippen LogP contribution >= 0.6 is 0 Å². The maximum absolute atomic E-state index is 11.7. The van der Waals surface area contributed by atoms with Crippen molar-refractivity contribution in [2.24, 2.45) is 0 Å². The zero-order valence-corrected chi connectivity index (χ0v) is 13.3. The Balaban J connectivity index is 2.32. The van der Waals surface area contributed by atoms with Crippen molar-refractivity contribution in [3.8, 4) is 5.95 Å². The number of aryl methyl sites for hydroxylation is 3. The lowest BCUT2D eigenvalue weighted by Gasteiger charge is -2.06. The summed E-state index contributed by atoms with van der Waals surface area (Å²) in [5.74, 6) is 0.106. The van der Waals surface area contributed by atoms with Crippen molar-refractivity contribution < 1.29 is 14.6 Å². The minimum absolute atomic E-state index is 0.00521. The van der Waals surface area contributed by atoms with Gasteiger partial charge in [-0.2, -0.15) is 5.10 Å². The van der Waals surface area contributed by atoms with E-state index in [0.717, 1.165) is 28.3 Å². The number of ether oxygens (including phenoxy) is 1. The van der Waals surface area contributed by atoms with Gasteiger partial charge >= 0.3 is 5.97 Å². The van der Waals surface area contributed by atoms with Gasteiger partial charge in [-0.3, -0.25) is 4.79 Å². The number of aliphatic hydroxyl groups is 1. The second-order valence-corrected chi connectivity index (χ2v) is 5.13. The Hall–Kier alpha value is -2.28. The topological polar surface area (TPSA) is 90.1 Å². The summed E-state index contributed by atoms with van der Waals surface area (Å²) >= 11 is 0. The number of hydrogen-bond acceptors (Lipinski definition) is 6. The van der Waals surface area contributed by atoms with Crippen LogP contribution in [0.1, 0.15) is 28.3 Å². The Labute approximate surface area is 129 Å². The van der Waals surface area contributed by atoms with Gasteiger partial charge < -0.3 is 9.84 Å². The van der Waals surface area contributed by atoms with E-state index in [2.05, 4.69) is 15.1 Å². The molecule has 7 heteroatoms. The zero-order chi connectivity index (χ0) is 16.3. The summed E-state index contributed by atoms with van der Waals surface area (Å²) in [6.07, 6.45) is 0.114. The fourth-order valence-corrected chi connectivity index (χ4v) is 2.28. The molecule has 118 valence electrons. The number of aromatic nitrogens is 4. The molecular formula is C15H20N4O3. The average molecular weight is 304 g/mol. The summed E-state index contributed by atoms with van der Waals surface area (Å²) in [5, 5.41) is 13.1. The highest BCUT2D eigenvalue weighted by Crippen LogP contribution is 2.17. The third kappa shape index (κ3) is 3.48. The maximum Gasteiger partial charge on any atom is 0.310 e. The van der Waals surface area contributed by atoms with Gasteiger partial charge in [0.25, 0.3) is 5.95 Å². The molecular weight excluding hydrogens is 284 g/mol. The first kappa shape index (κ1) is 16.1. The molecule has 0 atom stereocenters. The summed E-state index contributed by atoms with van der Waals surface area (Å²) in [7, 11) is 0. The maximum atomic E-state index is 11.7. The van der Waals surface area contributed by atoms with E-state index < -0.39 is 0 Å². The highest BCUT2D eigenvalue weighted by Gasteiger charge is 2.18. The molecule has 0 saturated carbocycles. The van der Waals surface area contributed by atoms with Crippen LogP contribution in [0.2, 0.25) is 0 Å². The van der Waals surface area contributed by atoms with Crippen LogP contribution in [0.4, 0.5) is 0 Å². The molecule has 7 nitrogen and oxygen atoms in total. The SMILES string of the molecule is Cc1cc(C)nc(-n2nc(C)c(CC(=O)OCCO)c2C)n1. The van der Waals surface area contributed by atoms with Crippen molar-refractivity contribution in [2.45, 2.75) is 34.1 Å². The van der Waals surface area contributed by atoms with Crippen molar-refractivity contribution >= 4 is 5.97 Å². The standard InChI is InChI=1S/C15H20N4O3/c1-9-7-10(2)17-15(16-9)19-12(4)13(11(3)18-19)8-14(21)22-6-5-20/h7,20H,5-6,8H2,1-4H3. The predicted molar refractivity (Wildman–Crippen MR) is 79.9 cm³/mol. The molecule has 0 fully saturated rings. The van der Waals surface area contributed by atoms with Crippen LogP contribution < -0.4 is 0 Å². The van der Waals surface area contributed by atoms with Gasteiger partial charge in [0.1, 0.15) is 6.61 Å². The number of aliphatic hydroxyl groups excluding tert-OH is 1. The fourth-order valence-electron chi connectivity index (χ4n) is 2.28. The van der Waals surface area contributed by atoms with Gasteiger partial charge in [0.05, 0.1) is 18.7 Å². The number of hydrogen-bond donors (Lipinski definition) is 1. The second kappa shape index (κ2) is 6.65. The normalized spacial score (nSPS) is 10.8. The van der Waals surface area contributed by atoms with Crippen molar-refractivity contribution in [1.29, 1.82) is 0 Å². The predicted octanol–water partition coefficient (Wildman–Crippen LogP) is 0.974. The molecule has 0 aromatic carbocycles. The molecule has 0 aliphatic heterocycles. The van der Waals surface area contributed by atoms with Gasteiger partial charge in [-0.25, -0.2) is 14.6 Å². The molecule has 22 heavy (non-hydrogen) atoms. The number of carbonyl (C=O) groups is 1. The van der Waals surface area contributed by atoms with E-state index in [-0.39, 0.29) is 25.6 Å². The van der Waals surface area contributed by atoms with Crippen LogP contribution in [0.3, 0.4) is 0 Å². The van der Waals surface area contributed by atoms with Crippen LogP contribution in [0.25, 0.3) is 5.95 Å². The largest absolute Gasteiger partial charge is 0.463 e. The van der Waals surface area contributed by atoms with Crippen LogP contribution in [0.5, 0.6) is 0 Å². The van der Waals surface area contributed by atoms with Crippen molar-refractivity contribution in [1.82, 2.24) is 19.7 Å². The first-order valence-corrected chi connectivity index (χ1v) is 7.06. The van der Waals surface area contributed by atoms with Gasteiger partial charge in [-0.05, 0) is 33.8 Å². The van der Waals surface area contributed by atoms with E-state index in [9.17, 15) is 4.79 Å². The molecule has 2 rings (SSSR count). The lowest BCUT2D eigenvalue weighted by atomic mass is 10.1. The molecule has 0 bridgehead atoms. The van der Waals surface area contributed by atoms with E-state index in [0.29, 0.717) is 5.95 Å². The van der Waals surface area contributed by atoms with E-state index in [1.165, 1.54) is 0 Å². The van der Waals surface area contributed by atoms with E-state index >= 15 is 0 Å². The molecule has 0 aliphatic carbocycles. The Bertz CT molecular complexity index is 674. The minimum atomic E-state index is -0.388. The molecule has 0 radical (unpaired) electrons. The molecule has 0 spiro atoms. The summed E-state index contributed by atoms with van der Waals surface area (Å²) < 4.78 is 6.54. The lowest BCUT2D eigenvalue weighted by Crippen LogP contribution is -2.12. The Morgan fingerprint density at radius 2 is 1.86 bits per heavy atom. The number of nitrogens with zero attached hydrogens (tertiary/aromatic N) is 4. The van der Waals surface area contributed by atoms with Crippen molar-refractivity contribution in [2.75, 3.05) is 13.2 Å². The highest BCUT2D eigenvalue weighted by atomic mass is 16.5. The first-order valence-electron chi connectivity index (χ1n) is 7.06. The smallest absolute Gasteiger partial charge is 0.310 e. The van der Waals surface area contributed by atoms with Gasteiger partial charge in [0.15, 0.2) is 0 Å². The molecule has 2 aromatic heterocycles. The summed E-state index contributed by atoms with van der Waals surface area (Å²) in [6, 6.07) is 1.89. The van der Waals surface area contributed by atoms with Crippen LogP contribution in [0.15, 0.2) is 6.07 Å². The Kier molecular flexibility index (Phi) is 4.87. The molecule has 1 N–H and O–H groups in total. The first-order chi connectivity index (χ1) is 10.4. The van der Waals surface area contributed by atoms with Crippen LogP contribution in [-0.4, -0.2) is 44.0 Å². The summed E-state index contributed by atoms with van der Waals surface area (Å²) in [5.41, 5.74) is 4.06. The molecule has 0 amide bonds. The van der Waals surface area contributed by atoms with Gasteiger partial charge in [-0.1, -0.05) is 0 Å². The van der Waals surface area contributed by atoms with Gasteiger partial charge in [0.2, 0.25) is 0 Å². The van der Waals surface area contributed by atoms with Gasteiger partial charge in [0, 0.05) is 22.6 Å². The van der Waals surface area contributed by atoms with E-state index in [1.54, 1.807) is 4.68 Å². The third-order valence-corrected chi connectivity index (χ3v) is 3.28. The molecule has 2 heterocycles. The number of esters is 1. The van der Waals surface area contributed by atoms with Crippen LogP contribution in [-0.2, 0) is 16.0 Å². The van der Waals surface area contributed by atoms with E-state index in [4.69, 9.17) is 9.84 Å². The molecule has 0 unspecified atom stereocenters. The monoisotopic (exact) mass is 304 g/mol. The average Bonchev–Trinajstić information content (AvgIpc) is 2.72. The molecule has 0 aliphatic rings. The lowest BCUT2D eigenvalue weighted by molar-refractivity contribution is -0.143. The number of carbonyl (C=O) groups excluding carboxylic acids is 1. The highest BCUT2D eigenvalue weighted by molar-refractivity contribution is 5.73. The van der Waals surface area contributed by atoms with Crippen molar-refractivity contribution in [3.05, 3.63) is 34.4 Å². The van der Waals surface area contributed by atoms with Gasteiger partial charge in [-0.15, -0.1) is 0 Å². The quantitative estimate of drug-likeness (QED) is 0.828. The second-order valence-electron chi connectivity index (χ2n) is 5.13. The Morgan fingerprint density at radius 3 is 2.45 bits per heavy atom. The Morgan fingerprint density at radius 1 is 1.23 bits per heavy atom. The molecule has 2 aromatic rings. The summed E-state index contributed by atoms with van der Waals surface area (Å²) in [4.78, 5) is 20.5.